The Kier molecular flexibility index (Phi) is 2.50. The summed E-state index contributed by atoms with van der Waals surface area (Å²) >= 11 is 0. The van der Waals surface area contributed by atoms with Crippen LogP contribution in [0.5, 0.6) is 5.75 Å². The SMILES string of the molecule is Cc1cc(N)cc2c1OC(C)C(C(=O)O)C2. The summed E-state index contributed by atoms with van der Waals surface area (Å²) in [6.07, 6.45) is 0.185. The highest BCUT2D eigenvalue weighted by atomic mass is 16.5. The molecule has 86 valence electrons. The number of carboxylic acids is 1. The van der Waals surface area contributed by atoms with Crippen molar-refractivity contribution in [3.05, 3.63) is 23.3 Å². The van der Waals surface area contributed by atoms with E-state index >= 15 is 0 Å². The number of nitrogen functional groups attached to an aromatic ring is 1. The maximum atomic E-state index is 11.0. The van der Waals surface area contributed by atoms with Gasteiger partial charge < -0.3 is 15.6 Å². The number of ether oxygens (including phenoxy) is 1. The van der Waals surface area contributed by atoms with Crippen LogP contribution in [0.1, 0.15) is 18.1 Å². The standard InChI is InChI=1S/C12H15NO3/c1-6-3-9(13)4-8-5-10(12(14)15)7(2)16-11(6)8/h3-4,7,10H,5,13H2,1-2H3,(H,14,15). The first kappa shape index (κ1) is 10.8. The van der Waals surface area contributed by atoms with Crippen molar-refractivity contribution in [3.8, 4) is 5.75 Å². The van der Waals surface area contributed by atoms with Crippen molar-refractivity contribution in [1.82, 2.24) is 0 Å². The molecule has 0 spiro atoms. The fourth-order valence-electron chi connectivity index (χ4n) is 2.16. The molecule has 0 saturated carbocycles. The maximum Gasteiger partial charge on any atom is 0.310 e. The van der Waals surface area contributed by atoms with E-state index in [1.807, 2.05) is 13.0 Å². The molecule has 1 aromatic carbocycles. The fourth-order valence-corrected chi connectivity index (χ4v) is 2.16. The van der Waals surface area contributed by atoms with Gasteiger partial charge in [-0.3, -0.25) is 4.79 Å². The smallest absolute Gasteiger partial charge is 0.310 e. The van der Waals surface area contributed by atoms with Gasteiger partial charge in [0.1, 0.15) is 11.9 Å². The maximum absolute atomic E-state index is 11.0. The Morgan fingerprint density at radius 3 is 2.88 bits per heavy atom. The van der Waals surface area contributed by atoms with Crippen molar-refractivity contribution < 1.29 is 14.6 Å². The zero-order valence-electron chi connectivity index (χ0n) is 9.36. The van der Waals surface area contributed by atoms with E-state index in [0.29, 0.717) is 12.1 Å². The van der Waals surface area contributed by atoms with Crippen molar-refractivity contribution in [2.24, 2.45) is 5.92 Å². The van der Waals surface area contributed by atoms with E-state index < -0.39 is 11.9 Å². The molecule has 3 N–H and O–H groups in total. The fraction of sp³-hybridized carbons (Fsp3) is 0.417. The van der Waals surface area contributed by atoms with Crippen LogP contribution in [0, 0.1) is 12.8 Å². The Hall–Kier alpha value is -1.71. The van der Waals surface area contributed by atoms with E-state index in [4.69, 9.17) is 15.6 Å². The van der Waals surface area contributed by atoms with Gasteiger partial charge in [-0.1, -0.05) is 0 Å². The predicted octanol–water partition coefficient (Wildman–Crippen LogP) is 1.60. The summed E-state index contributed by atoms with van der Waals surface area (Å²) in [5, 5.41) is 9.06. The van der Waals surface area contributed by atoms with Crippen molar-refractivity contribution in [2.75, 3.05) is 5.73 Å². The Labute approximate surface area is 94.0 Å². The average Bonchev–Trinajstić information content (AvgIpc) is 2.18. The van der Waals surface area contributed by atoms with E-state index in [9.17, 15) is 4.79 Å². The molecule has 0 amide bonds. The Morgan fingerprint density at radius 1 is 1.56 bits per heavy atom. The van der Waals surface area contributed by atoms with Crippen LogP contribution < -0.4 is 10.5 Å². The summed E-state index contributed by atoms with van der Waals surface area (Å²) in [5.74, 6) is -0.522. The first-order valence-electron chi connectivity index (χ1n) is 5.27. The molecule has 0 fully saturated rings. The van der Waals surface area contributed by atoms with Crippen LogP contribution in [-0.4, -0.2) is 17.2 Å². The second-order valence-electron chi connectivity index (χ2n) is 4.30. The summed E-state index contributed by atoms with van der Waals surface area (Å²) in [5.41, 5.74) is 8.24. The lowest BCUT2D eigenvalue weighted by atomic mass is 9.90. The third kappa shape index (κ3) is 1.71. The Balaban J connectivity index is 2.43. The molecular formula is C12H15NO3. The lowest BCUT2D eigenvalue weighted by Gasteiger charge is -2.30. The zero-order valence-corrected chi connectivity index (χ0v) is 9.36. The number of carboxylic acid groups (broad SMARTS) is 1. The Morgan fingerprint density at radius 2 is 2.25 bits per heavy atom. The Bertz CT molecular complexity index is 442. The first-order chi connectivity index (χ1) is 7.49. The number of fused-ring (bicyclic) bond motifs is 1. The van der Waals surface area contributed by atoms with Gasteiger partial charge in [-0.15, -0.1) is 0 Å². The molecule has 1 aromatic rings. The molecule has 4 heteroatoms. The number of benzene rings is 1. The third-order valence-electron chi connectivity index (χ3n) is 3.00. The number of aryl methyl sites for hydroxylation is 1. The minimum atomic E-state index is -0.821. The second-order valence-corrected chi connectivity index (χ2v) is 4.30. The van der Waals surface area contributed by atoms with Gasteiger partial charge in [0.25, 0.3) is 0 Å². The van der Waals surface area contributed by atoms with E-state index in [1.54, 1.807) is 13.0 Å². The van der Waals surface area contributed by atoms with Crippen LogP contribution in [0.3, 0.4) is 0 Å². The van der Waals surface area contributed by atoms with E-state index in [0.717, 1.165) is 16.9 Å². The normalized spacial score (nSPS) is 23.4. The average molecular weight is 221 g/mol. The number of hydrogen-bond donors (Lipinski definition) is 2. The van der Waals surface area contributed by atoms with Crippen LogP contribution in [0.25, 0.3) is 0 Å². The first-order valence-corrected chi connectivity index (χ1v) is 5.27. The van der Waals surface area contributed by atoms with Crippen molar-refractivity contribution in [2.45, 2.75) is 26.4 Å². The topological polar surface area (TPSA) is 72.5 Å². The number of anilines is 1. The van der Waals surface area contributed by atoms with Crippen molar-refractivity contribution in [1.29, 1.82) is 0 Å². The van der Waals surface area contributed by atoms with Gasteiger partial charge in [0.15, 0.2) is 0 Å². The van der Waals surface area contributed by atoms with E-state index in [2.05, 4.69) is 0 Å². The number of hydrogen-bond acceptors (Lipinski definition) is 3. The van der Waals surface area contributed by atoms with Crippen molar-refractivity contribution >= 4 is 11.7 Å². The van der Waals surface area contributed by atoms with Crippen LogP contribution >= 0.6 is 0 Å². The summed E-state index contributed by atoms with van der Waals surface area (Å²) in [6, 6.07) is 3.64. The molecule has 2 rings (SSSR count). The molecule has 0 saturated heterocycles. The molecule has 0 radical (unpaired) electrons. The molecule has 4 nitrogen and oxygen atoms in total. The van der Waals surface area contributed by atoms with Gasteiger partial charge in [0, 0.05) is 5.69 Å². The van der Waals surface area contributed by atoms with Crippen LogP contribution in [0.4, 0.5) is 5.69 Å². The summed E-state index contributed by atoms with van der Waals surface area (Å²) in [7, 11) is 0. The highest BCUT2D eigenvalue weighted by Gasteiger charge is 2.32. The van der Waals surface area contributed by atoms with Crippen LogP contribution in [-0.2, 0) is 11.2 Å². The molecule has 1 aliphatic heterocycles. The lowest BCUT2D eigenvalue weighted by molar-refractivity contribution is -0.145. The molecule has 1 heterocycles. The highest BCUT2D eigenvalue weighted by molar-refractivity contribution is 5.72. The molecule has 2 unspecified atom stereocenters. The van der Waals surface area contributed by atoms with Gasteiger partial charge >= 0.3 is 5.97 Å². The number of nitrogens with two attached hydrogens (primary N) is 1. The molecule has 0 bridgehead atoms. The lowest BCUT2D eigenvalue weighted by Crippen LogP contribution is -2.36. The minimum absolute atomic E-state index is 0.299. The molecule has 0 aromatic heterocycles. The van der Waals surface area contributed by atoms with Crippen LogP contribution in [0.15, 0.2) is 12.1 Å². The molecule has 1 aliphatic rings. The van der Waals surface area contributed by atoms with E-state index in [1.165, 1.54) is 0 Å². The number of carbonyl (C=O) groups is 1. The second kappa shape index (κ2) is 3.70. The highest BCUT2D eigenvalue weighted by Crippen LogP contribution is 2.35. The molecule has 0 aliphatic carbocycles. The van der Waals surface area contributed by atoms with Gasteiger partial charge in [-0.2, -0.15) is 0 Å². The molecule has 16 heavy (non-hydrogen) atoms. The van der Waals surface area contributed by atoms with Crippen molar-refractivity contribution in [3.63, 3.8) is 0 Å². The largest absolute Gasteiger partial charge is 0.489 e. The van der Waals surface area contributed by atoms with E-state index in [-0.39, 0.29) is 6.10 Å². The van der Waals surface area contributed by atoms with Gasteiger partial charge in [0.2, 0.25) is 0 Å². The van der Waals surface area contributed by atoms with Gasteiger partial charge in [0.05, 0.1) is 5.92 Å². The zero-order chi connectivity index (χ0) is 11.9. The summed E-state index contributed by atoms with van der Waals surface area (Å²) < 4.78 is 5.66. The van der Waals surface area contributed by atoms with Gasteiger partial charge in [-0.05, 0) is 43.5 Å². The number of rotatable bonds is 1. The summed E-state index contributed by atoms with van der Waals surface area (Å²) in [4.78, 5) is 11.0. The predicted molar refractivity (Wildman–Crippen MR) is 60.5 cm³/mol. The number of aliphatic carboxylic acids is 1. The molecular weight excluding hydrogens is 206 g/mol. The van der Waals surface area contributed by atoms with Crippen LogP contribution in [0.2, 0.25) is 0 Å². The minimum Gasteiger partial charge on any atom is -0.489 e. The third-order valence-corrected chi connectivity index (χ3v) is 3.00. The summed E-state index contributed by atoms with van der Waals surface area (Å²) in [6.45, 7) is 3.71. The molecule has 2 atom stereocenters. The quantitative estimate of drug-likeness (QED) is 0.706. The van der Waals surface area contributed by atoms with Gasteiger partial charge in [-0.25, -0.2) is 0 Å². The monoisotopic (exact) mass is 221 g/mol.